The molecule has 0 radical (unpaired) electrons. The van der Waals surface area contributed by atoms with Crippen molar-refractivity contribution in [3.63, 3.8) is 0 Å². The van der Waals surface area contributed by atoms with Crippen molar-refractivity contribution in [2.45, 2.75) is 13.0 Å². The molecule has 0 saturated heterocycles. The molecular formula is C26H21N5O. The van der Waals surface area contributed by atoms with Crippen LogP contribution in [0.15, 0.2) is 84.9 Å². The number of benzene rings is 3. The topological polar surface area (TPSA) is 76.6 Å². The lowest BCUT2D eigenvalue weighted by Crippen LogP contribution is -1.98. The first-order valence-electron chi connectivity index (χ1n) is 10.4. The maximum atomic E-state index is 5.99. The highest BCUT2D eigenvalue weighted by molar-refractivity contribution is 5.78. The Hall–Kier alpha value is -4.32. The van der Waals surface area contributed by atoms with Gasteiger partial charge in [0.2, 0.25) is 0 Å². The average Bonchev–Trinajstić information content (AvgIpc) is 3.35. The van der Waals surface area contributed by atoms with Crippen LogP contribution < -0.4 is 4.74 Å². The Morgan fingerprint density at radius 3 is 2.53 bits per heavy atom. The molecule has 3 aromatic carbocycles. The first kappa shape index (κ1) is 19.6. The minimum atomic E-state index is 0.427. The number of fused-ring (bicyclic) bond motifs is 1. The molecule has 0 bridgehead atoms. The first-order chi connectivity index (χ1) is 15.8. The summed E-state index contributed by atoms with van der Waals surface area (Å²) in [6, 6.07) is 28.5. The molecular weight excluding hydrogens is 398 g/mol. The van der Waals surface area contributed by atoms with Crippen molar-refractivity contribution in [3.05, 3.63) is 113 Å². The predicted octanol–water partition coefficient (Wildman–Crippen LogP) is 5.09. The van der Waals surface area contributed by atoms with Gasteiger partial charge in [0, 0.05) is 11.8 Å². The molecule has 0 spiro atoms. The van der Waals surface area contributed by atoms with Crippen molar-refractivity contribution >= 4 is 23.1 Å². The zero-order chi connectivity index (χ0) is 21.6. The molecule has 1 N–H and O–H groups in total. The third kappa shape index (κ3) is 4.87. The van der Waals surface area contributed by atoms with Gasteiger partial charge in [-0.3, -0.25) is 0 Å². The molecule has 2 aromatic heterocycles. The van der Waals surface area contributed by atoms with E-state index in [1.807, 2.05) is 48.5 Å². The summed E-state index contributed by atoms with van der Waals surface area (Å²) in [5, 5.41) is 15.1. The predicted molar refractivity (Wildman–Crippen MR) is 125 cm³/mol. The van der Waals surface area contributed by atoms with Gasteiger partial charge in [0.25, 0.3) is 0 Å². The summed E-state index contributed by atoms with van der Waals surface area (Å²) >= 11 is 0. The van der Waals surface area contributed by atoms with Gasteiger partial charge in [-0.2, -0.15) is 0 Å². The van der Waals surface area contributed by atoms with Gasteiger partial charge in [0.05, 0.1) is 11.2 Å². The minimum absolute atomic E-state index is 0.427. The third-order valence-electron chi connectivity index (χ3n) is 5.08. The summed E-state index contributed by atoms with van der Waals surface area (Å²) in [5.74, 6) is 1.56. The second-order valence-electron chi connectivity index (χ2n) is 7.46. The number of nitrogens with zero attached hydrogens (tertiary/aromatic N) is 4. The van der Waals surface area contributed by atoms with Gasteiger partial charge in [0.15, 0.2) is 5.82 Å². The number of H-pyrrole nitrogens is 1. The number of hydrogen-bond acceptors (Lipinski definition) is 5. The molecule has 5 rings (SSSR count). The van der Waals surface area contributed by atoms with Crippen LogP contribution >= 0.6 is 0 Å². The molecule has 6 heteroatoms. The standard InChI is InChI=1S/C26H21N5O/c1-2-10-25-22(8-1)13-14-23(27-25)18-32-24-9-4-6-20(16-24)12-11-19-5-3-7-21(15-19)17-26-28-30-31-29-26/h1-16H,17-18H2,(H,28,29,30,31)/b12-11+. The SMILES string of the molecule is C(=C\c1cccc(OCc2ccc3ccccc3n2)c1)/c1cccc(Cc2nnn[nH]2)c1. The van der Waals surface area contributed by atoms with Gasteiger partial charge in [0.1, 0.15) is 12.4 Å². The Balaban J connectivity index is 1.25. The van der Waals surface area contributed by atoms with Crippen molar-refractivity contribution < 1.29 is 4.74 Å². The Bertz CT molecular complexity index is 1360. The molecule has 0 fully saturated rings. The number of aromatic amines is 1. The Labute approximate surface area is 185 Å². The number of tetrazole rings is 1. The van der Waals surface area contributed by atoms with Crippen LogP contribution in [0.1, 0.15) is 28.2 Å². The van der Waals surface area contributed by atoms with E-state index in [4.69, 9.17) is 4.74 Å². The lowest BCUT2D eigenvalue weighted by atomic mass is 10.1. The highest BCUT2D eigenvalue weighted by atomic mass is 16.5. The van der Waals surface area contributed by atoms with Crippen molar-refractivity contribution in [3.8, 4) is 5.75 Å². The fourth-order valence-electron chi connectivity index (χ4n) is 3.50. The first-order valence-corrected chi connectivity index (χ1v) is 10.4. The van der Waals surface area contributed by atoms with E-state index >= 15 is 0 Å². The molecule has 0 aliphatic rings. The van der Waals surface area contributed by atoms with Gasteiger partial charge in [-0.1, -0.05) is 72.8 Å². The van der Waals surface area contributed by atoms with Crippen LogP contribution in [0, 0.1) is 0 Å². The van der Waals surface area contributed by atoms with E-state index in [2.05, 4.69) is 74.2 Å². The molecule has 0 saturated carbocycles. The fraction of sp³-hybridized carbons (Fsp3) is 0.0769. The van der Waals surface area contributed by atoms with Gasteiger partial charge in [-0.15, -0.1) is 5.10 Å². The van der Waals surface area contributed by atoms with Crippen LogP contribution in [0.4, 0.5) is 0 Å². The normalized spacial score (nSPS) is 11.2. The van der Waals surface area contributed by atoms with Gasteiger partial charge < -0.3 is 4.74 Å². The van der Waals surface area contributed by atoms with Gasteiger partial charge in [-0.05, 0) is 51.4 Å². The monoisotopic (exact) mass is 419 g/mol. The Morgan fingerprint density at radius 2 is 1.66 bits per heavy atom. The average molecular weight is 419 g/mol. The summed E-state index contributed by atoms with van der Waals surface area (Å²) in [6.45, 7) is 0.427. The van der Waals surface area contributed by atoms with Crippen molar-refractivity contribution in [2.24, 2.45) is 0 Å². The molecule has 0 unspecified atom stereocenters. The summed E-state index contributed by atoms with van der Waals surface area (Å²) in [5.41, 5.74) is 5.21. The lowest BCUT2D eigenvalue weighted by molar-refractivity contribution is 0.302. The van der Waals surface area contributed by atoms with E-state index in [9.17, 15) is 0 Å². The Morgan fingerprint density at radius 1 is 0.812 bits per heavy atom. The van der Waals surface area contributed by atoms with Crippen molar-refractivity contribution in [1.29, 1.82) is 0 Å². The molecule has 32 heavy (non-hydrogen) atoms. The highest BCUT2D eigenvalue weighted by Gasteiger charge is 2.02. The maximum absolute atomic E-state index is 5.99. The van der Waals surface area contributed by atoms with E-state index in [0.29, 0.717) is 13.0 Å². The molecule has 156 valence electrons. The summed E-state index contributed by atoms with van der Waals surface area (Å²) in [4.78, 5) is 4.67. The number of aromatic nitrogens is 5. The molecule has 0 aliphatic carbocycles. The van der Waals surface area contributed by atoms with Crippen LogP contribution in [0.2, 0.25) is 0 Å². The van der Waals surface area contributed by atoms with Crippen LogP contribution in [0.25, 0.3) is 23.1 Å². The van der Waals surface area contributed by atoms with Gasteiger partial charge in [-0.25, -0.2) is 10.1 Å². The number of nitrogens with one attached hydrogen (secondary N) is 1. The lowest BCUT2D eigenvalue weighted by Gasteiger charge is -2.07. The number of rotatable bonds is 7. The van der Waals surface area contributed by atoms with Crippen LogP contribution in [0.5, 0.6) is 5.75 Å². The maximum Gasteiger partial charge on any atom is 0.152 e. The number of hydrogen-bond donors (Lipinski definition) is 1. The molecule has 0 amide bonds. The van der Waals surface area contributed by atoms with Crippen molar-refractivity contribution in [2.75, 3.05) is 0 Å². The van der Waals surface area contributed by atoms with Crippen LogP contribution in [0.3, 0.4) is 0 Å². The van der Waals surface area contributed by atoms with E-state index in [1.165, 1.54) is 0 Å². The van der Waals surface area contributed by atoms with E-state index in [1.54, 1.807) is 0 Å². The second kappa shape index (κ2) is 9.22. The van der Waals surface area contributed by atoms with Crippen molar-refractivity contribution in [1.82, 2.24) is 25.6 Å². The largest absolute Gasteiger partial charge is 0.487 e. The zero-order valence-electron chi connectivity index (χ0n) is 17.3. The molecule has 2 heterocycles. The minimum Gasteiger partial charge on any atom is -0.487 e. The number of ether oxygens (including phenoxy) is 1. The van der Waals surface area contributed by atoms with Gasteiger partial charge >= 0.3 is 0 Å². The van der Waals surface area contributed by atoms with E-state index in [0.717, 1.165) is 44.9 Å². The fourth-order valence-corrected chi connectivity index (χ4v) is 3.50. The second-order valence-corrected chi connectivity index (χ2v) is 7.46. The molecule has 6 nitrogen and oxygen atoms in total. The molecule has 5 aromatic rings. The summed E-state index contributed by atoms with van der Waals surface area (Å²) in [7, 11) is 0. The molecule has 0 aliphatic heterocycles. The highest BCUT2D eigenvalue weighted by Crippen LogP contribution is 2.19. The Kier molecular flexibility index (Phi) is 5.66. The van der Waals surface area contributed by atoms with Crippen LogP contribution in [-0.2, 0) is 13.0 Å². The zero-order valence-corrected chi connectivity index (χ0v) is 17.3. The molecule has 0 atom stereocenters. The van der Waals surface area contributed by atoms with E-state index in [-0.39, 0.29) is 0 Å². The summed E-state index contributed by atoms with van der Waals surface area (Å²) in [6.07, 6.45) is 4.84. The summed E-state index contributed by atoms with van der Waals surface area (Å²) < 4.78 is 5.99. The smallest absolute Gasteiger partial charge is 0.152 e. The number of para-hydroxylation sites is 1. The van der Waals surface area contributed by atoms with E-state index < -0.39 is 0 Å². The number of pyridine rings is 1. The van der Waals surface area contributed by atoms with Crippen LogP contribution in [-0.4, -0.2) is 25.6 Å². The quantitative estimate of drug-likeness (QED) is 0.372. The third-order valence-corrected chi connectivity index (χ3v) is 5.08.